The van der Waals surface area contributed by atoms with E-state index in [0.717, 1.165) is 6.54 Å². The van der Waals surface area contributed by atoms with Crippen LogP contribution in [0.5, 0.6) is 0 Å². The van der Waals surface area contributed by atoms with Crippen LogP contribution in [0.25, 0.3) is 0 Å². The number of thioether (sulfide) groups is 1. The molecule has 1 aromatic heterocycles. The summed E-state index contributed by atoms with van der Waals surface area (Å²) in [6.45, 7) is 7.72. The molecular weight excluding hydrogens is 260 g/mol. The van der Waals surface area contributed by atoms with Crippen LogP contribution in [0.4, 0.5) is 0 Å². The maximum absolute atomic E-state index is 4.82. The van der Waals surface area contributed by atoms with Gasteiger partial charge in [-0.25, -0.2) is 4.98 Å². The van der Waals surface area contributed by atoms with Crippen molar-refractivity contribution in [2.24, 2.45) is 0 Å². The van der Waals surface area contributed by atoms with Crippen molar-refractivity contribution in [2.45, 2.75) is 57.7 Å². The van der Waals surface area contributed by atoms with E-state index in [0.29, 0.717) is 11.3 Å². The van der Waals surface area contributed by atoms with Crippen LogP contribution in [-0.4, -0.2) is 17.3 Å². The minimum absolute atomic E-state index is 0.449. The van der Waals surface area contributed by atoms with Gasteiger partial charge in [0.15, 0.2) is 0 Å². The van der Waals surface area contributed by atoms with Gasteiger partial charge in [-0.1, -0.05) is 13.3 Å². The third-order valence-corrected chi connectivity index (χ3v) is 6.39. The van der Waals surface area contributed by atoms with E-state index in [1.54, 1.807) is 0 Å². The number of rotatable bonds is 5. The van der Waals surface area contributed by atoms with E-state index < -0.39 is 0 Å². The molecule has 4 heteroatoms. The lowest BCUT2D eigenvalue weighted by Crippen LogP contribution is -2.18. The van der Waals surface area contributed by atoms with Crippen molar-refractivity contribution >= 4 is 23.1 Å². The maximum atomic E-state index is 4.82. The van der Waals surface area contributed by atoms with Crippen LogP contribution in [0.1, 0.15) is 66.4 Å². The molecule has 2 heterocycles. The van der Waals surface area contributed by atoms with Gasteiger partial charge >= 0.3 is 0 Å². The molecular formula is C14H24N2S2. The van der Waals surface area contributed by atoms with Crippen LogP contribution in [0.3, 0.4) is 0 Å². The lowest BCUT2D eigenvalue weighted by molar-refractivity contribution is 0.575. The Morgan fingerprint density at radius 3 is 2.94 bits per heavy atom. The van der Waals surface area contributed by atoms with Gasteiger partial charge in [-0.3, -0.25) is 0 Å². The van der Waals surface area contributed by atoms with Crippen LogP contribution in [-0.2, 0) is 0 Å². The van der Waals surface area contributed by atoms with Crippen LogP contribution in [0.15, 0.2) is 0 Å². The topological polar surface area (TPSA) is 24.9 Å². The summed E-state index contributed by atoms with van der Waals surface area (Å²) in [5, 5.41) is 5.59. The summed E-state index contributed by atoms with van der Waals surface area (Å²) in [7, 11) is 0. The van der Waals surface area contributed by atoms with E-state index in [1.165, 1.54) is 47.0 Å². The summed E-state index contributed by atoms with van der Waals surface area (Å²) in [6, 6.07) is 0.449. The molecule has 1 aliphatic rings. The molecule has 2 atom stereocenters. The normalized spacial score (nSPS) is 22.1. The predicted octanol–water partition coefficient (Wildman–Crippen LogP) is 4.47. The molecule has 0 saturated carbocycles. The molecule has 1 aliphatic heterocycles. The molecule has 102 valence electrons. The van der Waals surface area contributed by atoms with E-state index in [2.05, 4.69) is 37.8 Å². The number of nitrogens with one attached hydrogen (secondary N) is 1. The molecule has 0 radical (unpaired) electrons. The summed E-state index contributed by atoms with van der Waals surface area (Å²) in [6.07, 6.45) is 5.25. The van der Waals surface area contributed by atoms with E-state index in [1.807, 2.05) is 11.3 Å². The maximum Gasteiger partial charge on any atom is 0.106 e. The Balaban J connectivity index is 2.05. The quantitative estimate of drug-likeness (QED) is 0.863. The first-order valence-corrected chi connectivity index (χ1v) is 8.91. The Bertz CT molecular complexity index is 370. The van der Waals surface area contributed by atoms with Crippen molar-refractivity contribution in [2.75, 3.05) is 12.3 Å². The van der Waals surface area contributed by atoms with Gasteiger partial charge in [0.25, 0.3) is 0 Å². The average molecular weight is 284 g/mol. The van der Waals surface area contributed by atoms with Gasteiger partial charge in [0.05, 0.1) is 10.9 Å². The molecule has 0 aromatic carbocycles. The first kappa shape index (κ1) is 14.4. The molecule has 1 saturated heterocycles. The summed E-state index contributed by atoms with van der Waals surface area (Å²) < 4.78 is 0. The van der Waals surface area contributed by atoms with E-state index in [4.69, 9.17) is 4.98 Å². The highest BCUT2D eigenvalue weighted by Crippen LogP contribution is 2.41. The first-order chi connectivity index (χ1) is 8.72. The van der Waals surface area contributed by atoms with Gasteiger partial charge in [-0.05, 0) is 45.4 Å². The Kier molecular flexibility index (Phi) is 5.52. The van der Waals surface area contributed by atoms with E-state index >= 15 is 0 Å². The van der Waals surface area contributed by atoms with Crippen LogP contribution in [0.2, 0.25) is 0 Å². The highest BCUT2D eigenvalue weighted by atomic mass is 32.2. The van der Waals surface area contributed by atoms with Crippen molar-refractivity contribution in [3.8, 4) is 0 Å². The Hall–Kier alpha value is -0.0600. The van der Waals surface area contributed by atoms with E-state index in [9.17, 15) is 0 Å². The zero-order valence-corrected chi connectivity index (χ0v) is 13.3. The molecule has 1 N–H and O–H groups in total. The number of nitrogens with zero attached hydrogens (tertiary/aromatic N) is 1. The zero-order valence-electron chi connectivity index (χ0n) is 11.7. The van der Waals surface area contributed by atoms with Crippen molar-refractivity contribution < 1.29 is 0 Å². The van der Waals surface area contributed by atoms with Gasteiger partial charge in [-0.15, -0.1) is 11.3 Å². The molecule has 1 aromatic rings. The fourth-order valence-electron chi connectivity index (χ4n) is 2.36. The molecule has 1 fully saturated rings. The monoisotopic (exact) mass is 284 g/mol. The van der Waals surface area contributed by atoms with Gasteiger partial charge in [0, 0.05) is 10.9 Å². The highest BCUT2D eigenvalue weighted by molar-refractivity contribution is 7.99. The van der Waals surface area contributed by atoms with Crippen molar-refractivity contribution in [3.05, 3.63) is 15.6 Å². The molecule has 2 rings (SSSR count). The molecule has 2 nitrogen and oxygen atoms in total. The summed E-state index contributed by atoms with van der Waals surface area (Å²) in [5.41, 5.74) is 1.23. The molecule has 0 bridgehead atoms. The minimum atomic E-state index is 0.449. The summed E-state index contributed by atoms with van der Waals surface area (Å²) in [5.74, 6) is 1.31. The van der Waals surface area contributed by atoms with Crippen molar-refractivity contribution in [3.63, 3.8) is 0 Å². The Labute approximate surface area is 119 Å². The van der Waals surface area contributed by atoms with Crippen LogP contribution >= 0.6 is 23.1 Å². The number of aromatic nitrogens is 1. The second-order valence-corrected chi connectivity index (χ2v) is 7.41. The SMILES string of the molecule is CCCNC(C)c1sc(C2CCCCS2)nc1C. The molecule has 0 amide bonds. The van der Waals surface area contributed by atoms with Crippen molar-refractivity contribution in [1.82, 2.24) is 10.3 Å². The van der Waals surface area contributed by atoms with Crippen LogP contribution < -0.4 is 5.32 Å². The molecule has 0 spiro atoms. The highest BCUT2D eigenvalue weighted by Gasteiger charge is 2.22. The fraction of sp³-hybridized carbons (Fsp3) is 0.786. The minimum Gasteiger partial charge on any atom is -0.309 e. The molecule has 18 heavy (non-hydrogen) atoms. The predicted molar refractivity (Wildman–Crippen MR) is 82.6 cm³/mol. The number of hydrogen-bond acceptors (Lipinski definition) is 4. The van der Waals surface area contributed by atoms with Crippen molar-refractivity contribution in [1.29, 1.82) is 0 Å². The Morgan fingerprint density at radius 2 is 2.28 bits per heavy atom. The fourth-order valence-corrected chi connectivity index (χ4v) is 5.00. The number of aryl methyl sites for hydroxylation is 1. The molecule has 2 unspecified atom stereocenters. The lowest BCUT2D eigenvalue weighted by Gasteiger charge is -2.18. The second kappa shape index (κ2) is 6.92. The lowest BCUT2D eigenvalue weighted by atomic mass is 10.2. The summed E-state index contributed by atoms with van der Waals surface area (Å²) >= 11 is 4.03. The standard InChI is InChI=1S/C14H24N2S2/c1-4-8-15-10(2)13-11(3)16-14(18-13)12-7-5-6-9-17-12/h10,12,15H,4-9H2,1-3H3. The van der Waals surface area contributed by atoms with Gasteiger partial charge in [0.1, 0.15) is 5.01 Å². The summed E-state index contributed by atoms with van der Waals surface area (Å²) in [4.78, 5) is 6.26. The molecule has 0 aliphatic carbocycles. The first-order valence-electron chi connectivity index (χ1n) is 7.04. The van der Waals surface area contributed by atoms with Gasteiger partial charge in [-0.2, -0.15) is 11.8 Å². The number of thiazole rings is 1. The second-order valence-electron chi connectivity index (χ2n) is 5.03. The largest absolute Gasteiger partial charge is 0.309 e. The van der Waals surface area contributed by atoms with Crippen LogP contribution in [0, 0.1) is 6.92 Å². The third-order valence-electron chi connectivity index (χ3n) is 3.40. The van der Waals surface area contributed by atoms with E-state index in [-0.39, 0.29) is 0 Å². The average Bonchev–Trinajstić information content (AvgIpc) is 2.79. The van der Waals surface area contributed by atoms with Gasteiger partial charge in [0.2, 0.25) is 0 Å². The Morgan fingerprint density at radius 1 is 1.44 bits per heavy atom. The third kappa shape index (κ3) is 3.49. The zero-order chi connectivity index (χ0) is 13.0. The smallest absolute Gasteiger partial charge is 0.106 e. The number of hydrogen-bond donors (Lipinski definition) is 1. The van der Waals surface area contributed by atoms with Gasteiger partial charge < -0.3 is 5.32 Å².